The quantitative estimate of drug-likeness (QED) is 0.656. The third kappa shape index (κ3) is 4.60. The zero-order valence-electron chi connectivity index (χ0n) is 17.8. The van der Waals surface area contributed by atoms with Crippen LogP contribution < -0.4 is 4.90 Å². The van der Waals surface area contributed by atoms with Gasteiger partial charge in [-0.3, -0.25) is 4.99 Å². The van der Waals surface area contributed by atoms with Crippen LogP contribution in [0.2, 0.25) is 0 Å². The minimum absolute atomic E-state index is 0.294. The number of nitrogens with zero attached hydrogens (tertiary/aromatic N) is 2. The van der Waals surface area contributed by atoms with Crippen LogP contribution in [-0.4, -0.2) is 36.4 Å². The number of hydrogen-bond donors (Lipinski definition) is 1. The van der Waals surface area contributed by atoms with Gasteiger partial charge in [-0.1, -0.05) is 42.5 Å². The molecule has 2 aromatic carbocycles. The van der Waals surface area contributed by atoms with Gasteiger partial charge in [0.15, 0.2) is 0 Å². The summed E-state index contributed by atoms with van der Waals surface area (Å²) in [6.07, 6.45) is 7.99. The molecule has 30 heavy (non-hydrogen) atoms. The van der Waals surface area contributed by atoms with E-state index < -0.39 is 5.97 Å². The molecule has 0 fully saturated rings. The summed E-state index contributed by atoms with van der Waals surface area (Å²) in [6, 6.07) is 15.5. The maximum Gasteiger partial charge on any atom is 0.336 e. The molecule has 3 rings (SSSR count). The number of aromatic carboxylic acids is 1. The summed E-state index contributed by atoms with van der Waals surface area (Å²) in [6.45, 7) is 8.89. The lowest BCUT2D eigenvalue weighted by Gasteiger charge is -2.22. The zero-order chi connectivity index (χ0) is 21.5. The molecule has 0 amide bonds. The fourth-order valence-electron chi connectivity index (χ4n) is 3.71. The highest BCUT2D eigenvalue weighted by Gasteiger charge is 2.18. The predicted molar refractivity (Wildman–Crippen MR) is 126 cm³/mol. The summed E-state index contributed by atoms with van der Waals surface area (Å²) >= 11 is 0. The van der Waals surface area contributed by atoms with Gasteiger partial charge in [-0.25, -0.2) is 4.79 Å². The first-order valence-electron chi connectivity index (χ1n) is 10.4. The van der Waals surface area contributed by atoms with Crippen LogP contribution in [0.25, 0.3) is 5.57 Å². The Morgan fingerprint density at radius 2 is 1.47 bits per heavy atom. The Hall–Kier alpha value is -3.40. The van der Waals surface area contributed by atoms with Crippen LogP contribution in [-0.2, 0) is 0 Å². The first-order valence-corrected chi connectivity index (χ1v) is 10.4. The van der Waals surface area contributed by atoms with Crippen molar-refractivity contribution in [2.45, 2.75) is 20.8 Å². The Balaban J connectivity index is 2.17. The number of carboxylic acid groups (broad SMARTS) is 1. The molecule has 0 bridgehead atoms. The Morgan fingerprint density at radius 1 is 0.867 bits per heavy atom. The van der Waals surface area contributed by atoms with Gasteiger partial charge in [-0.15, -0.1) is 0 Å². The van der Waals surface area contributed by atoms with Crippen LogP contribution in [0, 0.1) is 0 Å². The van der Waals surface area contributed by atoms with E-state index in [1.165, 1.54) is 0 Å². The smallest absolute Gasteiger partial charge is 0.336 e. The van der Waals surface area contributed by atoms with Crippen LogP contribution in [0.5, 0.6) is 0 Å². The number of carboxylic acids is 1. The summed E-state index contributed by atoms with van der Waals surface area (Å²) < 4.78 is 0. The number of aliphatic imine (C=N–C) groups is 1. The van der Waals surface area contributed by atoms with E-state index in [0.29, 0.717) is 11.1 Å². The first kappa shape index (κ1) is 21.3. The molecule has 0 aliphatic heterocycles. The maximum absolute atomic E-state index is 11.9. The van der Waals surface area contributed by atoms with Crippen molar-refractivity contribution in [3.05, 3.63) is 95.1 Å². The lowest BCUT2D eigenvalue weighted by molar-refractivity contribution is 0.0696. The van der Waals surface area contributed by atoms with Crippen molar-refractivity contribution in [2.75, 3.05) is 24.5 Å². The fraction of sp³-hybridized carbons (Fsp3) is 0.231. The standard InChI is InChI=1S/C26H28N2O2/c1-4-27-21-15-11-19(12-16-21)25(23-9-7-8-10-24(23)26(29)30)20-13-17-22(18-14-20)28(5-2)6-3/h7-18H,4-6H2,1-3H3,(H,29,30). The molecule has 0 unspecified atom stereocenters. The van der Waals surface area contributed by atoms with Crippen LogP contribution in [0.4, 0.5) is 5.69 Å². The Kier molecular flexibility index (Phi) is 7.02. The number of hydrogen-bond acceptors (Lipinski definition) is 3. The lowest BCUT2D eigenvalue weighted by atomic mass is 9.88. The molecule has 0 radical (unpaired) electrons. The minimum Gasteiger partial charge on any atom is -0.478 e. The number of rotatable bonds is 7. The second kappa shape index (κ2) is 9.88. The predicted octanol–water partition coefficient (Wildman–Crippen LogP) is 5.62. The van der Waals surface area contributed by atoms with E-state index in [1.54, 1.807) is 12.1 Å². The van der Waals surface area contributed by atoms with Crippen LogP contribution in [0.3, 0.4) is 0 Å². The SMILES string of the molecule is CCN=C1C=CC(=C(c2ccc(N(CC)CC)cc2)c2ccccc2C(=O)O)C=C1. The van der Waals surface area contributed by atoms with E-state index in [0.717, 1.165) is 47.7 Å². The average molecular weight is 401 g/mol. The van der Waals surface area contributed by atoms with Gasteiger partial charge < -0.3 is 10.0 Å². The molecule has 0 atom stereocenters. The van der Waals surface area contributed by atoms with Crippen LogP contribution in [0.1, 0.15) is 42.3 Å². The van der Waals surface area contributed by atoms with Gasteiger partial charge in [0, 0.05) is 25.3 Å². The number of carbonyl (C=O) groups is 1. The molecular formula is C26H28N2O2. The normalized spacial score (nSPS) is 12.8. The van der Waals surface area contributed by atoms with E-state index in [2.05, 4.69) is 48.0 Å². The molecule has 1 aliphatic rings. The number of allylic oxidation sites excluding steroid dienone is 5. The van der Waals surface area contributed by atoms with Gasteiger partial charge in [-0.2, -0.15) is 0 Å². The van der Waals surface area contributed by atoms with Crippen molar-refractivity contribution < 1.29 is 9.90 Å². The highest BCUT2D eigenvalue weighted by atomic mass is 16.4. The largest absolute Gasteiger partial charge is 0.478 e. The first-order chi connectivity index (χ1) is 14.6. The van der Waals surface area contributed by atoms with Crippen molar-refractivity contribution in [1.29, 1.82) is 0 Å². The monoisotopic (exact) mass is 400 g/mol. The van der Waals surface area contributed by atoms with Crippen LogP contribution in [0.15, 0.2) is 83.4 Å². The molecule has 154 valence electrons. The number of anilines is 1. The highest BCUT2D eigenvalue weighted by molar-refractivity contribution is 6.07. The summed E-state index contributed by atoms with van der Waals surface area (Å²) in [5.74, 6) is -0.930. The molecule has 0 spiro atoms. The molecule has 2 aromatic rings. The van der Waals surface area contributed by atoms with Gasteiger partial charge >= 0.3 is 5.97 Å². The van der Waals surface area contributed by atoms with Gasteiger partial charge in [0.1, 0.15) is 0 Å². The van der Waals surface area contributed by atoms with Crippen molar-refractivity contribution in [3.8, 4) is 0 Å². The molecule has 1 aliphatic carbocycles. The molecule has 0 heterocycles. The van der Waals surface area contributed by atoms with Gasteiger partial charge in [0.2, 0.25) is 0 Å². The molecule has 1 N–H and O–H groups in total. The molecule has 0 saturated heterocycles. The van der Waals surface area contributed by atoms with Gasteiger partial charge in [-0.05, 0) is 73.4 Å². The van der Waals surface area contributed by atoms with Crippen molar-refractivity contribution in [2.24, 2.45) is 4.99 Å². The topological polar surface area (TPSA) is 52.9 Å². The Bertz CT molecular complexity index is 1010. The fourth-order valence-corrected chi connectivity index (χ4v) is 3.71. The van der Waals surface area contributed by atoms with E-state index in [1.807, 2.05) is 43.4 Å². The van der Waals surface area contributed by atoms with E-state index in [4.69, 9.17) is 0 Å². The van der Waals surface area contributed by atoms with Crippen molar-refractivity contribution >= 4 is 22.9 Å². The maximum atomic E-state index is 11.9. The molecule has 0 aromatic heterocycles. The second-order valence-electron chi connectivity index (χ2n) is 6.97. The highest BCUT2D eigenvalue weighted by Crippen LogP contribution is 2.33. The summed E-state index contributed by atoms with van der Waals surface area (Å²) in [7, 11) is 0. The Morgan fingerprint density at radius 3 is 2.00 bits per heavy atom. The molecule has 4 nitrogen and oxygen atoms in total. The molecular weight excluding hydrogens is 372 g/mol. The molecule has 0 saturated carbocycles. The minimum atomic E-state index is -0.930. The van der Waals surface area contributed by atoms with Gasteiger partial charge in [0.05, 0.1) is 11.3 Å². The van der Waals surface area contributed by atoms with Crippen molar-refractivity contribution in [1.82, 2.24) is 0 Å². The van der Waals surface area contributed by atoms with Crippen LogP contribution >= 0.6 is 0 Å². The van der Waals surface area contributed by atoms with E-state index in [-0.39, 0.29) is 0 Å². The Labute approximate surface area is 178 Å². The molecule has 4 heteroatoms. The van der Waals surface area contributed by atoms with Gasteiger partial charge in [0.25, 0.3) is 0 Å². The third-order valence-electron chi connectivity index (χ3n) is 5.21. The zero-order valence-corrected chi connectivity index (χ0v) is 17.8. The summed E-state index contributed by atoms with van der Waals surface area (Å²) in [5, 5.41) is 9.77. The summed E-state index contributed by atoms with van der Waals surface area (Å²) in [5.41, 5.74) is 5.94. The third-order valence-corrected chi connectivity index (χ3v) is 5.21. The van der Waals surface area contributed by atoms with E-state index >= 15 is 0 Å². The summed E-state index contributed by atoms with van der Waals surface area (Å²) in [4.78, 5) is 18.6. The number of benzene rings is 2. The second-order valence-corrected chi connectivity index (χ2v) is 6.97. The van der Waals surface area contributed by atoms with E-state index in [9.17, 15) is 9.90 Å². The average Bonchev–Trinajstić information content (AvgIpc) is 2.77. The lowest BCUT2D eigenvalue weighted by Crippen LogP contribution is -2.21. The van der Waals surface area contributed by atoms with Crippen molar-refractivity contribution in [3.63, 3.8) is 0 Å².